The molecule has 0 amide bonds. The zero-order valence-electron chi connectivity index (χ0n) is 17.5. The Kier molecular flexibility index (Phi) is 5.51. The maximum Gasteiger partial charge on any atom is 0.132 e. The van der Waals surface area contributed by atoms with Crippen molar-refractivity contribution in [3.8, 4) is 17.2 Å². The number of hydrogen-bond acceptors (Lipinski definition) is 4. The standard InChI is InChI=1S/C26H26O4/c1-26(2)25(19-7-5-4-6-8-19)24(18-9-11-20(12-10-18)29-16-15-27)22-14-13-21(28-3)17-23(22)30-26/h4-14,17,27H,15-16H2,1-3H3. The first-order chi connectivity index (χ1) is 14.5. The van der Waals surface area contributed by atoms with Crippen molar-refractivity contribution >= 4 is 11.1 Å². The van der Waals surface area contributed by atoms with E-state index >= 15 is 0 Å². The van der Waals surface area contributed by atoms with Crippen LogP contribution in [-0.2, 0) is 0 Å². The summed E-state index contributed by atoms with van der Waals surface area (Å²) in [5.74, 6) is 2.30. The lowest BCUT2D eigenvalue weighted by Crippen LogP contribution is -2.34. The number of aliphatic hydroxyl groups is 1. The normalized spacial score (nSPS) is 14.7. The topological polar surface area (TPSA) is 47.9 Å². The SMILES string of the molecule is COc1ccc2c(c1)OC(C)(C)C(c1ccccc1)=C2c1ccc(OCCO)cc1. The van der Waals surface area contributed by atoms with Crippen molar-refractivity contribution in [2.24, 2.45) is 0 Å². The van der Waals surface area contributed by atoms with E-state index in [0.717, 1.165) is 45.1 Å². The molecule has 0 saturated carbocycles. The van der Waals surface area contributed by atoms with Gasteiger partial charge in [-0.2, -0.15) is 0 Å². The molecular formula is C26H26O4. The number of rotatable bonds is 6. The van der Waals surface area contributed by atoms with E-state index in [1.807, 2.05) is 42.5 Å². The Morgan fingerprint density at radius 3 is 2.23 bits per heavy atom. The molecule has 0 aromatic heterocycles. The van der Waals surface area contributed by atoms with Gasteiger partial charge >= 0.3 is 0 Å². The summed E-state index contributed by atoms with van der Waals surface area (Å²) in [6.45, 7) is 4.46. The number of hydrogen-bond donors (Lipinski definition) is 1. The molecule has 4 nitrogen and oxygen atoms in total. The van der Waals surface area contributed by atoms with Crippen molar-refractivity contribution in [3.05, 3.63) is 89.5 Å². The minimum atomic E-state index is -0.540. The first-order valence-electron chi connectivity index (χ1n) is 10.0. The Labute approximate surface area is 177 Å². The van der Waals surface area contributed by atoms with Crippen LogP contribution in [0.4, 0.5) is 0 Å². The zero-order valence-corrected chi connectivity index (χ0v) is 17.5. The zero-order chi connectivity index (χ0) is 21.1. The van der Waals surface area contributed by atoms with Gasteiger partial charge < -0.3 is 19.3 Å². The van der Waals surface area contributed by atoms with Gasteiger partial charge in [0.1, 0.15) is 29.5 Å². The lowest BCUT2D eigenvalue weighted by molar-refractivity contribution is 0.168. The van der Waals surface area contributed by atoms with E-state index in [1.165, 1.54) is 0 Å². The molecule has 1 N–H and O–H groups in total. The van der Waals surface area contributed by atoms with Crippen LogP contribution in [0.2, 0.25) is 0 Å². The fourth-order valence-corrected chi connectivity index (χ4v) is 3.96. The van der Waals surface area contributed by atoms with Crippen LogP contribution in [0.5, 0.6) is 17.2 Å². The van der Waals surface area contributed by atoms with Crippen LogP contribution in [0, 0.1) is 0 Å². The highest BCUT2D eigenvalue weighted by Gasteiger charge is 2.36. The Morgan fingerprint density at radius 2 is 1.57 bits per heavy atom. The van der Waals surface area contributed by atoms with Crippen molar-refractivity contribution in [1.82, 2.24) is 0 Å². The maximum absolute atomic E-state index is 9.00. The highest BCUT2D eigenvalue weighted by molar-refractivity contribution is 6.04. The molecule has 4 heteroatoms. The molecule has 1 aliphatic rings. The fourth-order valence-electron chi connectivity index (χ4n) is 3.96. The third kappa shape index (κ3) is 3.79. The molecule has 0 saturated heterocycles. The summed E-state index contributed by atoms with van der Waals surface area (Å²) in [4.78, 5) is 0. The number of fused-ring (bicyclic) bond motifs is 1. The van der Waals surface area contributed by atoms with Gasteiger partial charge in [-0.15, -0.1) is 0 Å². The third-order valence-electron chi connectivity index (χ3n) is 5.24. The molecule has 4 rings (SSSR count). The molecule has 30 heavy (non-hydrogen) atoms. The largest absolute Gasteiger partial charge is 0.497 e. The molecule has 1 heterocycles. The van der Waals surface area contributed by atoms with Gasteiger partial charge in [0.05, 0.1) is 13.7 Å². The summed E-state index contributed by atoms with van der Waals surface area (Å²) in [6, 6.07) is 24.3. The number of ether oxygens (including phenoxy) is 3. The second kappa shape index (κ2) is 8.25. The van der Waals surface area contributed by atoms with Crippen LogP contribution < -0.4 is 14.2 Å². The molecule has 0 fully saturated rings. The summed E-state index contributed by atoms with van der Waals surface area (Å²) in [7, 11) is 1.66. The maximum atomic E-state index is 9.00. The van der Waals surface area contributed by atoms with Crippen LogP contribution in [0.3, 0.4) is 0 Å². The smallest absolute Gasteiger partial charge is 0.132 e. The molecule has 0 aliphatic carbocycles. The molecule has 0 bridgehead atoms. The number of aliphatic hydroxyl groups excluding tert-OH is 1. The van der Waals surface area contributed by atoms with Gasteiger partial charge in [0.25, 0.3) is 0 Å². The van der Waals surface area contributed by atoms with Crippen LogP contribution in [0.15, 0.2) is 72.8 Å². The molecule has 0 unspecified atom stereocenters. The van der Waals surface area contributed by atoms with E-state index < -0.39 is 5.60 Å². The third-order valence-corrected chi connectivity index (χ3v) is 5.24. The van der Waals surface area contributed by atoms with Gasteiger partial charge in [0, 0.05) is 22.8 Å². The molecule has 0 atom stereocenters. The first-order valence-corrected chi connectivity index (χ1v) is 10.0. The molecular weight excluding hydrogens is 376 g/mol. The second-order valence-electron chi connectivity index (χ2n) is 7.69. The summed E-state index contributed by atoms with van der Waals surface area (Å²) in [5, 5.41) is 9.00. The van der Waals surface area contributed by atoms with Gasteiger partial charge in [-0.1, -0.05) is 42.5 Å². The summed E-state index contributed by atoms with van der Waals surface area (Å²) in [6.07, 6.45) is 0. The minimum absolute atomic E-state index is 0.00814. The monoisotopic (exact) mass is 402 g/mol. The minimum Gasteiger partial charge on any atom is -0.497 e. The Hall–Kier alpha value is -3.24. The van der Waals surface area contributed by atoms with Crippen molar-refractivity contribution in [2.45, 2.75) is 19.4 Å². The van der Waals surface area contributed by atoms with Crippen LogP contribution in [-0.4, -0.2) is 31.0 Å². The summed E-state index contributed by atoms with van der Waals surface area (Å²) >= 11 is 0. The van der Waals surface area contributed by atoms with Crippen molar-refractivity contribution in [3.63, 3.8) is 0 Å². The van der Waals surface area contributed by atoms with Gasteiger partial charge in [-0.25, -0.2) is 0 Å². The summed E-state index contributed by atoms with van der Waals surface area (Å²) < 4.78 is 17.4. The van der Waals surface area contributed by atoms with E-state index in [-0.39, 0.29) is 13.2 Å². The van der Waals surface area contributed by atoms with Crippen molar-refractivity contribution < 1.29 is 19.3 Å². The molecule has 0 spiro atoms. The molecule has 3 aromatic rings. The van der Waals surface area contributed by atoms with Crippen LogP contribution in [0.25, 0.3) is 11.1 Å². The van der Waals surface area contributed by atoms with E-state index in [0.29, 0.717) is 0 Å². The average Bonchev–Trinajstić information content (AvgIpc) is 2.76. The summed E-state index contributed by atoms with van der Waals surface area (Å²) in [5.41, 5.74) is 4.95. The molecule has 0 radical (unpaired) electrons. The quantitative estimate of drug-likeness (QED) is 0.616. The van der Waals surface area contributed by atoms with Crippen LogP contribution >= 0.6 is 0 Å². The van der Waals surface area contributed by atoms with E-state index in [4.69, 9.17) is 19.3 Å². The predicted molar refractivity (Wildman–Crippen MR) is 119 cm³/mol. The van der Waals surface area contributed by atoms with E-state index in [2.05, 4.69) is 44.2 Å². The highest BCUT2D eigenvalue weighted by Crippen LogP contribution is 2.48. The molecule has 3 aromatic carbocycles. The van der Waals surface area contributed by atoms with E-state index in [1.54, 1.807) is 7.11 Å². The predicted octanol–water partition coefficient (Wildman–Crippen LogP) is 5.20. The lowest BCUT2D eigenvalue weighted by Gasteiger charge is -2.38. The van der Waals surface area contributed by atoms with Crippen LogP contribution in [0.1, 0.15) is 30.5 Å². The van der Waals surface area contributed by atoms with Gasteiger partial charge in [-0.3, -0.25) is 0 Å². The Balaban J connectivity index is 1.93. The lowest BCUT2D eigenvalue weighted by atomic mass is 9.79. The van der Waals surface area contributed by atoms with Gasteiger partial charge in [0.2, 0.25) is 0 Å². The van der Waals surface area contributed by atoms with Gasteiger partial charge in [-0.05, 0) is 49.2 Å². The first kappa shape index (κ1) is 20.0. The Bertz CT molecular complexity index is 1050. The molecule has 1 aliphatic heterocycles. The number of methoxy groups -OCH3 is 1. The fraction of sp³-hybridized carbons (Fsp3) is 0.231. The average molecular weight is 402 g/mol. The second-order valence-corrected chi connectivity index (χ2v) is 7.69. The Morgan fingerprint density at radius 1 is 0.867 bits per heavy atom. The van der Waals surface area contributed by atoms with Crippen molar-refractivity contribution in [1.29, 1.82) is 0 Å². The van der Waals surface area contributed by atoms with E-state index in [9.17, 15) is 0 Å². The van der Waals surface area contributed by atoms with Gasteiger partial charge in [0.15, 0.2) is 0 Å². The van der Waals surface area contributed by atoms with Crippen molar-refractivity contribution in [2.75, 3.05) is 20.3 Å². The number of benzene rings is 3. The molecule has 154 valence electrons. The highest BCUT2D eigenvalue weighted by atomic mass is 16.5.